The zero-order valence-electron chi connectivity index (χ0n) is 22.7. The molecule has 1 fully saturated rings. The number of anilines is 2. The van der Waals surface area contributed by atoms with Crippen molar-refractivity contribution in [3.05, 3.63) is 77.0 Å². The predicted molar refractivity (Wildman–Crippen MR) is 149 cm³/mol. The smallest absolute Gasteiger partial charge is 0.256 e. The van der Waals surface area contributed by atoms with E-state index in [1.54, 1.807) is 12.0 Å². The average Bonchev–Trinajstić information content (AvgIpc) is 3.55. The molecule has 1 atom stereocenters. The Morgan fingerprint density at radius 1 is 1.00 bits per heavy atom. The summed E-state index contributed by atoms with van der Waals surface area (Å²) >= 11 is 0. The summed E-state index contributed by atoms with van der Waals surface area (Å²) in [6, 6.07) is 18.5. The number of amides is 2. The second kappa shape index (κ2) is 12.7. The van der Waals surface area contributed by atoms with E-state index in [1.807, 2.05) is 49.4 Å². The topological polar surface area (TPSA) is 93.8 Å². The van der Waals surface area contributed by atoms with Gasteiger partial charge < -0.3 is 19.9 Å². The van der Waals surface area contributed by atoms with Crippen LogP contribution in [-0.2, 0) is 22.6 Å². The van der Waals surface area contributed by atoms with Gasteiger partial charge in [-0.05, 0) is 50.6 Å². The first kappa shape index (κ1) is 27.3. The number of benzene rings is 2. The van der Waals surface area contributed by atoms with Crippen LogP contribution in [0.3, 0.4) is 0 Å². The fourth-order valence-electron chi connectivity index (χ4n) is 4.70. The molecule has 2 aliphatic rings. The molecule has 1 aromatic heterocycles. The zero-order chi connectivity index (χ0) is 27.1. The third-order valence-corrected chi connectivity index (χ3v) is 7.22. The van der Waals surface area contributed by atoms with Crippen molar-refractivity contribution >= 4 is 23.8 Å². The molecule has 2 aliphatic heterocycles. The van der Waals surface area contributed by atoms with E-state index in [0.717, 1.165) is 49.5 Å². The summed E-state index contributed by atoms with van der Waals surface area (Å²) in [7, 11) is 1.72. The quantitative estimate of drug-likeness (QED) is 0.458. The maximum absolute atomic E-state index is 12.6. The van der Waals surface area contributed by atoms with E-state index in [-0.39, 0.29) is 12.0 Å². The molecule has 0 unspecified atom stereocenters. The summed E-state index contributed by atoms with van der Waals surface area (Å²) in [4.78, 5) is 30.0. The first-order chi connectivity index (χ1) is 18.4. The van der Waals surface area contributed by atoms with Gasteiger partial charge in [0.2, 0.25) is 6.41 Å². The van der Waals surface area contributed by atoms with Gasteiger partial charge in [0.15, 0.2) is 5.82 Å². The van der Waals surface area contributed by atoms with Crippen molar-refractivity contribution in [1.29, 1.82) is 0 Å². The summed E-state index contributed by atoms with van der Waals surface area (Å²) < 4.78 is 5.14. The van der Waals surface area contributed by atoms with E-state index >= 15 is 0 Å². The van der Waals surface area contributed by atoms with Crippen LogP contribution in [0.1, 0.15) is 54.1 Å². The summed E-state index contributed by atoms with van der Waals surface area (Å²) in [5, 5.41) is 9.92. The molecule has 3 heterocycles. The van der Waals surface area contributed by atoms with E-state index in [1.165, 1.54) is 5.56 Å². The molecule has 0 radical (unpaired) electrons. The minimum atomic E-state index is -0.199. The van der Waals surface area contributed by atoms with Crippen molar-refractivity contribution in [3.8, 4) is 0 Å². The molecule has 38 heavy (non-hydrogen) atoms. The number of rotatable bonds is 7. The molecule has 0 spiro atoms. The minimum Gasteiger partial charge on any atom is -0.377 e. The Hall–Kier alpha value is -3.69. The van der Waals surface area contributed by atoms with Gasteiger partial charge in [0, 0.05) is 56.1 Å². The number of carbonyl (C=O) groups is 2. The van der Waals surface area contributed by atoms with E-state index in [2.05, 4.69) is 51.3 Å². The van der Waals surface area contributed by atoms with Gasteiger partial charge in [0.25, 0.3) is 5.91 Å². The molecule has 1 saturated heterocycles. The number of nitrogens with zero attached hydrogens (tertiary/aromatic N) is 4. The number of H-pyrrole nitrogens is 1. The van der Waals surface area contributed by atoms with Crippen LogP contribution in [0.25, 0.3) is 0 Å². The molecule has 2 N–H and O–H groups in total. The maximum atomic E-state index is 12.6. The lowest BCUT2D eigenvalue weighted by Gasteiger charge is -2.38. The Labute approximate surface area is 224 Å². The van der Waals surface area contributed by atoms with E-state index in [4.69, 9.17) is 4.74 Å². The fraction of sp³-hybridized carbons (Fsp3) is 0.414. The van der Waals surface area contributed by atoms with Crippen LogP contribution in [0.4, 0.5) is 11.5 Å². The van der Waals surface area contributed by atoms with Gasteiger partial charge in [-0.2, -0.15) is 5.10 Å². The molecule has 202 valence electrons. The van der Waals surface area contributed by atoms with Gasteiger partial charge in [0.1, 0.15) is 0 Å². The zero-order valence-corrected chi connectivity index (χ0v) is 22.7. The molecule has 9 heteroatoms. The van der Waals surface area contributed by atoms with Crippen molar-refractivity contribution in [3.63, 3.8) is 0 Å². The van der Waals surface area contributed by atoms with Crippen molar-refractivity contribution in [1.82, 2.24) is 20.0 Å². The van der Waals surface area contributed by atoms with Crippen molar-refractivity contribution < 1.29 is 14.3 Å². The second-order valence-corrected chi connectivity index (χ2v) is 9.95. The molecule has 2 aromatic carbocycles. The number of hydrogen-bond donors (Lipinski definition) is 2. The van der Waals surface area contributed by atoms with Crippen LogP contribution in [0.15, 0.2) is 54.6 Å². The van der Waals surface area contributed by atoms with Crippen molar-refractivity contribution in [2.24, 2.45) is 0 Å². The van der Waals surface area contributed by atoms with Gasteiger partial charge in [-0.3, -0.25) is 19.6 Å². The Morgan fingerprint density at radius 2 is 1.68 bits per heavy atom. The summed E-state index contributed by atoms with van der Waals surface area (Å²) in [6.45, 7) is 11.6. The molecule has 3 aromatic rings. The second-order valence-electron chi connectivity index (χ2n) is 9.95. The van der Waals surface area contributed by atoms with Crippen LogP contribution in [0.2, 0.25) is 0 Å². The molecular weight excluding hydrogens is 480 g/mol. The van der Waals surface area contributed by atoms with E-state index in [9.17, 15) is 9.59 Å². The minimum absolute atomic E-state index is 0.199. The number of nitrogens with one attached hydrogen (secondary N) is 2. The van der Waals surface area contributed by atoms with Gasteiger partial charge >= 0.3 is 0 Å². The van der Waals surface area contributed by atoms with Crippen molar-refractivity contribution in [2.75, 3.05) is 43.5 Å². The summed E-state index contributed by atoms with van der Waals surface area (Å²) in [5.41, 5.74) is 4.71. The number of piperazine rings is 1. The summed E-state index contributed by atoms with van der Waals surface area (Å²) in [6.07, 6.45) is 1.01. The lowest BCUT2D eigenvalue weighted by Crippen LogP contribution is -2.48. The van der Waals surface area contributed by atoms with Crippen molar-refractivity contribution in [2.45, 2.75) is 46.0 Å². The number of ether oxygens (including phenoxy) is 1. The number of fused-ring (bicyclic) bond motifs is 1. The largest absolute Gasteiger partial charge is 0.377 e. The highest BCUT2D eigenvalue weighted by atomic mass is 16.5. The van der Waals surface area contributed by atoms with E-state index in [0.29, 0.717) is 30.5 Å². The summed E-state index contributed by atoms with van der Waals surface area (Å²) in [5.74, 6) is 0.299. The highest BCUT2D eigenvalue weighted by Gasteiger charge is 2.25. The van der Waals surface area contributed by atoms with Gasteiger partial charge in [-0.1, -0.05) is 30.3 Å². The van der Waals surface area contributed by atoms with Crippen LogP contribution in [0, 0.1) is 0 Å². The Balaban J connectivity index is 0.000000283. The van der Waals surface area contributed by atoms with E-state index < -0.39 is 0 Å². The van der Waals surface area contributed by atoms with Crippen LogP contribution < -0.4 is 10.2 Å². The monoisotopic (exact) mass is 518 g/mol. The van der Waals surface area contributed by atoms with Crippen LogP contribution >= 0.6 is 0 Å². The third-order valence-electron chi connectivity index (χ3n) is 7.22. The first-order valence-corrected chi connectivity index (χ1v) is 13.1. The molecule has 5 rings (SSSR count). The Bertz CT molecular complexity index is 1190. The first-order valence-electron chi connectivity index (χ1n) is 13.1. The van der Waals surface area contributed by atoms with Gasteiger partial charge in [-0.25, -0.2) is 0 Å². The van der Waals surface area contributed by atoms with Crippen LogP contribution in [0.5, 0.6) is 0 Å². The molecule has 0 aliphatic carbocycles. The molecule has 0 saturated carbocycles. The number of hydrogen-bond acceptors (Lipinski definition) is 6. The molecule has 0 bridgehead atoms. The average molecular weight is 519 g/mol. The molecule has 9 nitrogen and oxygen atoms in total. The lowest BCUT2D eigenvalue weighted by molar-refractivity contribution is -0.118. The highest BCUT2D eigenvalue weighted by Crippen LogP contribution is 2.26. The maximum Gasteiger partial charge on any atom is 0.256 e. The number of carbonyl (C=O) groups excluding carboxylic acids is 2. The Morgan fingerprint density at radius 3 is 2.29 bits per heavy atom. The molecular formula is C29H38N6O3. The van der Waals surface area contributed by atoms with Crippen LogP contribution in [-0.4, -0.2) is 71.6 Å². The standard InChI is InChI=1S/C20H26N6O2.C9H12O/c1-14(2)25-7-9-26(10-8-25)16-5-3-15(4-6-16)20(28)21-19-17-11-24(13-27)12-18(17)22-23-19;1-8(10-2)9-6-4-3-5-7-9/h3-6,13-14H,7-12H2,1-2H3,(H2,21,22,23,28);3-8H,1-2H3/t;8-/m.0/s1. The number of aromatic amines is 1. The number of aromatic nitrogens is 2. The SMILES string of the molecule is CC(C)N1CCN(c2ccc(C(=O)Nc3n[nH]c4c3CN(C=O)C4)cc2)CC1.CO[C@@H](C)c1ccccc1. The number of methoxy groups -OCH3 is 1. The Kier molecular flexibility index (Phi) is 9.15. The highest BCUT2D eigenvalue weighted by molar-refractivity contribution is 6.04. The third kappa shape index (κ3) is 6.59. The lowest BCUT2D eigenvalue weighted by atomic mass is 10.1. The van der Waals surface area contributed by atoms with Gasteiger partial charge in [-0.15, -0.1) is 0 Å². The fourth-order valence-corrected chi connectivity index (χ4v) is 4.70. The van der Waals surface area contributed by atoms with Gasteiger partial charge in [0.05, 0.1) is 24.9 Å². The normalized spacial score (nSPS) is 16.0. The molecule has 2 amide bonds. The predicted octanol–water partition coefficient (Wildman–Crippen LogP) is 4.06.